The van der Waals surface area contributed by atoms with E-state index in [1.54, 1.807) is 14.0 Å². The molecule has 0 aromatic heterocycles. The number of ketones is 1. The molecule has 7 nitrogen and oxygen atoms in total. The summed E-state index contributed by atoms with van der Waals surface area (Å²) in [6.45, 7) is 16.5. The fraction of sp³-hybridized carbons (Fsp3) is 0.684. The Labute approximate surface area is 275 Å². The van der Waals surface area contributed by atoms with Crippen LogP contribution in [0.3, 0.4) is 0 Å². The third-order valence-corrected chi connectivity index (χ3v) is 13.4. The second-order valence-electron chi connectivity index (χ2n) is 16.7. The number of fused-ring (bicyclic) bond motifs is 5. The van der Waals surface area contributed by atoms with Crippen molar-refractivity contribution in [1.29, 1.82) is 0 Å². The van der Waals surface area contributed by atoms with Crippen molar-refractivity contribution in [3.05, 3.63) is 53.3 Å². The van der Waals surface area contributed by atoms with Gasteiger partial charge in [0.25, 0.3) is 0 Å². The van der Waals surface area contributed by atoms with Crippen molar-refractivity contribution < 1.29 is 33.0 Å². The highest BCUT2D eigenvalue weighted by Gasteiger charge is 2.80. The number of carbonyl (C=O) groups is 2. The van der Waals surface area contributed by atoms with E-state index in [9.17, 15) is 4.79 Å². The van der Waals surface area contributed by atoms with Gasteiger partial charge in [0, 0.05) is 40.4 Å². The van der Waals surface area contributed by atoms with Crippen LogP contribution in [-0.2, 0) is 33.6 Å². The number of esters is 1. The summed E-state index contributed by atoms with van der Waals surface area (Å²) in [7, 11) is -0.393. The van der Waals surface area contributed by atoms with Crippen molar-refractivity contribution in [2.24, 2.45) is 39.9 Å². The first kappa shape index (κ1) is 32.1. The minimum absolute atomic E-state index is 0.0317. The Balaban J connectivity index is 1.46. The maximum atomic E-state index is 15.2. The van der Waals surface area contributed by atoms with Gasteiger partial charge in [-0.3, -0.25) is 9.59 Å². The molecule has 4 fully saturated rings. The molecular weight excluding hydrogens is 596 g/mol. The van der Waals surface area contributed by atoms with Gasteiger partial charge in [-0.1, -0.05) is 57.9 Å². The number of carbonyl (C=O) groups excluding carboxylic acids is 2. The van der Waals surface area contributed by atoms with Gasteiger partial charge in [0.2, 0.25) is 8.32 Å². The Morgan fingerprint density at radius 1 is 1.00 bits per heavy atom. The molecule has 0 N–H and O–H groups in total. The molecule has 5 aliphatic carbocycles. The van der Waals surface area contributed by atoms with Gasteiger partial charge in [-0.15, -0.1) is 0 Å². The van der Waals surface area contributed by atoms with Gasteiger partial charge in [-0.05, 0) is 68.1 Å². The van der Waals surface area contributed by atoms with Crippen LogP contribution in [0.2, 0.25) is 19.6 Å². The van der Waals surface area contributed by atoms with E-state index in [0.717, 1.165) is 37.2 Å². The van der Waals surface area contributed by atoms with Crippen molar-refractivity contribution in [2.45, 2.75) is 97.1 Å². The summed E-state index contributed by atoms with van der Waals surface area (Å²) < 4.78 is 31.9. The molecule has 46 heavy (non-hydrogen) atoms. The van der Waals surface area contributed by atoms with Crippen LogP contribution in [0.25, 0.3) is 0 Å². The van der Waals surface area contributed by atoms with Crippen LogP contribution in [-0.4, -0.2) is 52.8 Å². The lowest BCUT2D eigenvalue weighted by Gasteiger charge is -2.52. The monoisotopic (exact) mass is 648 g/mol. The average Bonchev–Trinajstić information content (AvgIpc) is 3.49. The number of Topliss-reactive ketones (excluding diaryl/α,β-unsaturated/α-hetero) is 1. The molecule has 8 heteroatoms. The molecule has 1 saturated heterocycles. The molecule has 3 saturated carbocycles. The van der Waals surface area contributed by atoms with Gasteiger partial charge in [0.15, 0.2) is 5.79 Å². The highest BCUT2D eigenvalue weighted by molar-refractivity contribution is 6.70. The molecule has 1 spiro atoms. The van der Waals surface area contributed by atoms with Crippen LogP contribution in [0.5, 0.6) is 5.75 Å². The summed E-state index contributed by atoms with van der Waals surface area (Å²) in [6, 6.07) is 8.59. The molecule has 0 unspecified atom stereocenters. The minimum atomic E-state index is -2.10. The number of hydrogen-bond acceptors (Lipinski definition) is 7. The molecule has 2 bridgehead atoms. The van der Waals surface area contributed by atoms with Gasteiger partial charge in [-0.25, -0.2) is 0 Å². The predicted molar refractivity (Wildman–Crippen MR) is 178 cm³/mol. The van der Waals surface area contributed by atoms with E-state index in [2.05, 4.69) is 76.8 Å². The van der Waals surface area contributed by atoms with E-state index in [4.69, 9.17) is 23.4 Å². The van der Waals surface area contributed by atoms with Crippen LogP contribution < -0.4 is 4.74 Å². The summed E-state index contributed by atoms with van der Waals surface area (Å²) in [4.78, 5) is 28.3. The lowest BCUT2D eigenvalue weighted by atomic mass is 9.52. The minimum Gasteiger partial charge on any atom is -0.547 e. The predicted octanol–water partition coefficient (Wildman–Crippen LogP) is 7.36. The number of hydrogen-bond donors (Lipinski definition) is 0. The third-order valence-electron chi connectivity index (χ3n) is 12.5. The van der Waals surface area contributed by atoms with E-state index < -0.39 is 25.4 Å². The van der Waals surface area contributed by atoms with E-state index in [1.165, 1.54) is 11.1 Å². The molecular formula is C38H52O7Si. The highest BCUT2D eigenvalue weighted by atomic mass is 28.4. The first-order valence-corrected chi connectivity index (χ1v) is 20.8. The third kappa shape index (κ3) is 4.21. The van der Waals surface area contributed by atoms with Crippen LogP contribution in [0.15, 0.2) is 47.7 Å². The zero-order chi connectivity index (χ0) is 32.9. The average molecular weight is 649 g/mol. The van der Waals surface area contributed by atoms with E-state index in [-0.39, 0.29) is 58.8 Å². The van der Waals surface area contributed by atoms with E-state index >= 15 is 4.79 Å². The van der Waals surface area contributed by atoms with Crippen molar-refractivity contribution in [1.82, 2.24) is 0 Å². The Kier molecular flexibility index (Phi) is 7.36. The number of benzene rings is 1. The summed E-state index contributed by atoms with van der Waals surface area (Å²) in [5.41, 5.74) is 1.57. The van der Waals surface area contributed by atoms with Gasteiger partial charge in [-0.2, -0.15) is 0 Å². The number of allylic oxidation sites excluding steroid dienone is 4. The first-order chi connectivity index (χ1) is 21.7. The van der Waals surface area contributed by atoms with E-state index in [0.29, 0.717) is 19.6 Å². The zero-order valence-electron chi connectivity index (χ0n) is 29.0. The maximum absolute atomic E-state index is 15.2. The fourth-order valence-corrected chi connectivity index (χ4v) is 11.8. The number of methoxy groups -OCH3 is 1. The Hall–Kier alpha value is -2.42. The van der Waals surface area contributed by atoms with Crippen LogP contribution in [0.1, 0.15) is 71.8 Å². The van der Waals surface area contributed by atoms with Gasteiger partial charge in [0.05, 0.1) is 45.0 Å². The molecule has 1 aliphatic heterocycles. The van der Waals surface area contributed by atoms with Crippen LogP contribution in [0, 0.1) is 39.9 Å². The largest absolute Gasteiger partial charge is 0.547 e. The molecule has 0 amide bonds. The lowest BCUT2D eigenvalue weighted by molar-refractivity contribution is -0.334. The Bertz CT molecular complexity index is 1480. The zero-order valence-corrected chi connectivity index (χ0v) is 30.0. The highest BCUT2D eigenvalue weighted by Crippen LogP contribution is 2.82. The SMILES string of the molecule is CCOC(=O)C[C@@H]1C(=O)[C@@H]2[C@@H](CC(O[Si](C)(C)C)=C3[C@H]2[C@]24C=C[C@]3(c3ccc(OC)cc3)[C@@]2(C)CCCC4)C12OCC(C)(C)CO2. The molecule has 7 rings (SSSR count). The molecule has 1 aromatic rings. The maximum Gasteiger partial charge on any atom is 0.306 e. The van der Waals surface area contributed by atoms with Gasteiger partial charge >= 0.3 is 5.97 Å². The van der Waals surface area contributed by atoms with Crippen molar-refractivity contribution in [3.8, 4) is 5.75 Å². The van der Waals surface area contributed by atoms with Crippen molar-refractivity contribution in [2.75, 3.05) is 26.9 Å². The molecule has 1 aromatic carbocycles. The second-order valence-corrected chi connectivity index (χ2v) is 21.2. The van der Waals surface area contributed by atoms with E-state index in [1.807, 2.05) is 0 Å². The van der Waals surface area contributed by atoms with Crippen molar-refractivity contribution in [3.63, 3.8) is 0 Å². The van der Waals surface area contributed by atoms with Gasteiger partial charge in [0.1, 0.15) is 11.5 Å². The van der Waals surface area contributed by atoms with Crippen molar-refractivity contribution >= 4 is 20.1 Å². The molecule has 1 heterocycles. The smallest absolute Gasteiger partial charge is 0.306 e. The Morgan fingerprint density at radius 3 is 2.30 bits per heavy atom. The number of ether oxygens (including phenoxy) is 4. The summed E-state index contributed by atoms with van der Waals surface area (Å²) in [5, 5.41) is 0. The standard InChI is InChI=1S/C38H52O7Si/c1-9-42-29(39)21-27-33(40)30-26(38(27)43-22-34(2,3)23-44-38)20-28(45-46(6,7)8)31-32(30)36-17-11-10-16-35(36,4)37(31,19-18-36)24-12-14-25(41-5)15-13-24/h12-15,18-19,26-27,30,32H,9-11,16-17,20-23H2,1-8H3/t26-,27-,30-,32+,35+,36+,37-/m1/s1. The molecule has 0 radical (unpaired) electrons. The number of rotatable bonds is 7. The first-order valence-electron chi connectivity index (χ1n) is 17.4. The summed E-state index contributed by atoms with van der Waals surface area (Å²) in [5.74, 6) is -0.983. The lowest BCUT2D eigenvalue weighted by Crippen LogP contribution is -2.56. The molecule has 7 atom stereocenters. The van der Waals surface area contributed by atoms with Gasteiger partial charge < -0.3 is 23.4 Å². The molecule has 250 valence electrons. The normalized spacial score (nSPS) is 38.4. The molecule has 6 aliphatic rings. The van der Waals surface area contributed by atoms with Crippen LogP contribution in [0.4, 0.5) is 0 Å². The quantitative estimate of drug-likeness (QED) is 0.174. The summed E-state index contributed by atoms with van der Waals surface area (Å²) >= 11 is 0. The fourth-order valence-electron chi connectivity index (χ4n) is 10.8. The Morgan fingerprint density at radius 2 is 1.67 bits per heavy atom. The topological polar surface area (TPSA) is 80.3 Å². The second kappa shape index (κ2) is 10.5. The van der Waals surface area contributed by atoms with Crippen LogP contribution >= 0.6 is 0 Å². The summed E-state index contributed by atoms with van der Waals surface area (Å²) in [6.07, 6.45) is 9.85.